The van der Waals surface area contributed by atoms with Gasteiger partial charge >= 0.3 is 0 Å². The molecule has 194 valence electrons. The first kappa shape index (κ1) is 21.4. The first-order valence-corrected chi connectivity index (χ1v) is 15.1. The molecular formula is C35H33N3O. The van der Waals surface area contributed by atoms with E-state index in [-0.39, 0.29) is 5.41 Å². The van der Waals surface area contributed by atoms with Crippen molar-refractivity contribution in [3.8, 4) is 0 Å². The van der Waals surface area contributed by atoms with Gasteiger partial charge in [0.05, 0.1) is 21.9 Å². The average molecular weight is 512 g/mol. The van der Waals surface area contributed by atoms with Crippen LogP contribution in [0.2, 0.25) is 0 Å². The van der Waals surface area contributed by atoms with Crippen molar-refractivity contribution in [3.63, 3.8) is 0 Å². The summed E-state index contributed by atoms with van der Waals surface area (Å²) in [6, 6.07) is 17.7. The third-order valence-electron chi connectivity index (χ3n) is 11.2. The first-order chi connectivity index (χ1) is 19.0. The number of furan rings is 1. The van der Waals surface area contributed by atoms with E-state index >= 15 is 0 Å². The van der Waals surface area contributed by atoms with Crippen LogP contribution in [0, 0.1) is 17.8 Å². The largest absolute Gasteiger partial charge is 0.456 e. The van der Waals surface area contributed by atoms with Crippen LogP contribution < -0.4 is 0 Å². The highest BCUT2D eigenvalue weighted by Crippen LogP contribution is 2.57. The second-order valence-corrected chi connectivity index (χ2v) is 13.9. The minimum absolute atomic E-state index is 0.00905. The highest BCUT2D eigenvalue weighted by molar-refractivity contribution is 6.19. The van der Waals surface area contributed by atoms with Crippen molar-refractivity contribution in [1.82, 2.24) is 14.4 Å². The minimum Gasteiger partial charge on any atom is -0.456 e. The Labute approximate surface area is 227 Å². The summed E-state index contributed by atoms with van der Waals surface area (Å²) in [5, 5.41) is 3.41. The van der Waals surface area contributed by atoms with E-state index in [1.54, 1.807) is 11.1 Å². The van der Waals surface area contributed by atoms with Crippen molar-refractivity contribution in [2.24, 2.45) is 17.8 Å². The Morgan fingerprint density at radius 2 is 1.69 bits per heavy atom. The molecular weight excluding hydrogens is 478 g/mol. The summed E-state index contributed by atoms with van der Waals surface area (Å²) >= 11 is 0. The van der Waals surface area contributed by atoms with Gasteiger partial charge < -0.3 is 4.42 Å². The van der Waals surface area contributed by atoms with Crippen LogP contribution in [0.3, 0.4) is 0 Å². The molecule has 0 aliphatic heterocycles. The van der Waals surface area contributed by atoms with E-state index < -0.39 is 0 Å². The number of rotatable bonds is 1. The molecule has 4 aliphatic carbocycles. The molecule has 6 unspecified atom stereocenters. The van der Waals surface area contributed by atoms with E-state index in [1.807, 2.05) is 0 Å². The van der Waals surface area contributed by atoms with Crippen molar-refractivity contribution in [3.05, 3.63) is 65.5 Å². The molecule has 4 aliphatic rings. The Balaban J connectivity index is 1.36. The van der Waals surface area contributed by atoms with Crippen molar-refractivity contribution in [2.45, 2.75) is 76.0 Å². The van der Waals surface area contributed by atoms with Gasteiger partial charge in [0.25, 0.3) is 0 Å². The van der Waals surface area contributed by atoms with Crippen LogP contribution in [0.5, 0.6) is 0 Å². The Bertz CT molecular complexity index is 2030. The monoisotopic (exact) mass is 511 g/mol. The van der Waals surface area contributed by atoms with Gasteiger partial charge in [0.1, 0.15) is 22.6 Å². The number of benzene rings is 3. The van der Waals surface area contributed by atoms with Gasteiger partial charge in [-0.3, -0.25) is 4.40 Å². The van der Waals surface area contributed by atoms with E-state index in [9.17, 15) is 0 Å². The lowest BCUT2D eigenvalue weighted by atomic mass is 9.77. The maximum Gasteiger partial charge on any atom is 0.148 e. The van der Waals surface area contributed by atoms with E-state index in [1.165, 1.54) is 56.3 Å². The Hall–Kier alpha value is -3.40. The van der Waals surface area contributed by atoms with E-state index in [0.29, 0.717) is 5.92 Å². The second kappa shape index (κ2) is 7.02. The minimum atomic E-state index is 0.00905. The summed E-state index contributed by atoms with van der Waals surface area (Å²) in [7, 11) is 0. The fraction of sp³-hybridized carbons (Fsp3) is 0.429. The third kappa shape index (κ3) is 2.75. The van der Waals surface area contributed by atoms with Crippen molar-refractivity contribution in [1.29, 1.82) is 0 Å². The molecule has 0 amide bonds. The maximum absolute atomic E-state index is 6.32. The van der Waals surface area contributed by atoms with Crippen molar-refractivity contribution < 1.29 is 4.42 Å². The smallest absolute Gasteiger partial charge is 0.148 e. The van der Waals surface area contributed by atoms with E-state index in [2.05, 4.69) is 66.8 Å². The summed E-state index contributed by atoms with van der Waals surface area (Å²) in [5.74, 6) is 5.15. The molecule has 0 spiro atoms. The summed E-state index contributed by atoms with van der Waals surface area (Å²) in [5.41, 5.74) is 9.54. The van der Waals surface area contributed by atoms with Gasteiger partial charge in [0, 0.05) is 16.2 Å². The quantitative estimate of drug-likeness (QED) is 0.221. The molecule has 4 nitrogen and oxygen atoms in total. The highest BCUT2D eigenvalue weighted by atomic mass is 16.3. The number of para-hydroxylation sites is 1. The SMILES string of the molecule is CC1CC2CC2CC(C)(c2nc3c(ccc4oc5ccccc5c43)c3nc4cc5c(cc4n23)C2CCC5C2)C1. The standard InChI is InChI=1S/C35H33N3O/c1-18-11-21-13-22(21)17-35(2,16-18)34-37-32-24(9-10-30-31(32)23-5-3-4-6-29(23)39-30)33-36-27-14-25-19-7-8-20(12-19)26(25)15-28(27)38(33)34/h3-6,9-10,14-15,18-22H,7-8,11-13,16-17H2,1-2H3. The zero-order valence-corrected chi connectivity index (χ0v) is 22.7. The molecule has 3 heterocycles. The Morgan fingerprint density at radius 1 is 0.846 bits per heavy atom. The molecule has 3 aromatic carbocycles. The van der Waals surface area contributed by atoms with Crippen LogP contribution in [0.1, 0.15) is 87.6 Å². The van der Waals surface area contributed by atoms with Crippen LogP contribution in [0.25, 0.3) is 49.5 Å². The van der Waals surface area contributed by atoms with Gasteiger partial charge in [-0.05, 0) is 116 Å². The number of aromatic nitrogens is 3. The lowest BCUT2D eigenvalue weighted by Crippen LogP contribution is -2.29. The van der Waals surface area contributed by atoms with E-state index in [4.69, 9.17) is 14.4 Å². The topological polar surface area (TPSA) is 43.3 Å². The van der Waals surface area contributed by atoms with E-state index in [0.717, 1.165) is 67.7 Å². The summed E-state index contributed by atoms with van der Waals surface area (Å²) in [6.45, 7) is 4.97. The fourth-order valence-corrected chi connectivity index (χ4v) is 9.52. The number of nitrogens with zero attached hydrogens (tertiary/aromatic N) is 3. The van der Waals surface area contributed by atoms with Crippen molar-refractivity contribution >= 4 is 49.5 Å². The number of imidazole rings is 1. The van der Waals surface area contributed by atoms with Crippen LogP contribution in [-0.2, 0) is 5.41 Å². The van der Waals surface area contributed by atoms with Gasteiger partial charge in [-0.15, -0.1) is 0 Å². The molecule has 6 atom stereocenters. The van der Waals surface area contributed by atoms with Crippen molar-refractivity contribution in [2.75, 3.05) is 0 Å². The summed E-state index contributed by atoms with van der Waals surface area (Å²) in [6.07, 6.45) is 9.21. The number of fused-ring (bicyclic) bond motifs is 15. The zero-order chi connectivity index (χ0) is 25.6. The van der Waals surface area contributed by atoms with Crippen LogP contribution >= 0.6 is 0 Å². The molecule has 3 fully saturated rings. The van der Waals surface area contributed by atoms with Gasteiger partial charge in [0.15, 0.2) is 0 Å². The molecule has 39 heavy (non-hydrogen) atoms. The number of hydrogen-bond acceptors (Lipinski definition) is 3. The Kier molecular flexibility index (Phi) is 3.86. The molecule has 3 aromatic heterocycles. The molecule has 2 bridgehead atoms. The summed E-state index contributed by atoms with van der Waals surface area (Å²) in [4.78, 5) is 11.1. The normalized spacial score (nSPS) is 31.5. The number of hydrogen-bond donors (Lipinski definition) is 0. The lowest BCUT2D eigenvalue weighted by molar-refractivity contribution is 0.318. The first-order valence-electron chi connectivity index (χ1n) is 15.1. The predicted octanol–water partition coefficient (Wildman–Crippen LogP) is 9.01. The summed E-state index contributed by atoms with van der Waals surface area (Å²) < 4.78 is 8.81. The van der Waals surface area contributed by atoms with Crippen LogP contribution in [0.4, 0.5) is 0 Å². The molecule has 4 heteroatoms. The zero-order valence-electron chi connectivity index (χ0n) is 22.7. The molecule has 0 saturated heterocycles. The molecule has 0 radical (unpaired) electrons. The third-order valence-corrected chi connectivity index (χ3v) is 11.2. The Morgan fingerprint density at radius 3 is 2.59 bits per heavy atom. The fourth-order valence-electron chi connectivity index (χ4n) is 9.52. The molecule has 10 rings (SSSR count). The predicted molar refractivity (Wildman–Crippen MR) is 157 cm³/mol. The molecule has 0 N–H and O–H groups in total. The van der Waals surface area contributed by atoms with Crippen LogP contribution in [-0.4, -0.2) is 14.4 Å². The molecule has 3 saturated carbocycles. The molecule has 6 aromatic rings. The van der Waals surface area contributed by atoms with Crippen LogP contribution in [0.15, 0.2) is 52.9 Å². The lowest BCUT2D eigenvalue weighted by Gasteiger charge is -2.31. The van der Waals surface area contributed by atoms with Gasteiger partial charge in [-0.25, -0.2) is 9.97 Å². The maximum atomic E-state index is 6.32. The second-order valence-electron chi connectivity index (χ2n) is 13.9. The van der Waals surface area contributed by atoms with Gasteiger partial charge in [-0.2, -0.15) is 0 Å². The van der Waals surface area contributed by atoms with Gasteiger partial charge in [-0.1, -0.05) is 32.0 Å². The average Bonchev–Trinajstić information content (AvgIpc) is 3.33. The van der Waals surface area contributed by atoms with Gasteiger partial charge in [0.2, 0.25) is 0 Å². The highest BCUT2D eigenvalue weighted by Gasteiger charge is 2.48.